The number of aryl methyl sites for hydroxylation is 1. The van der Waals surface area contributed by atoms with E-state index in [0.29, 0.717) is 28.5 Å². The molecule has 8 heteroatoms. The number of nitrogens with zero attached hydrogens (tertiary/aromatic N) is 2. The van der Waals surface area contributed by atoms with Crippen molar-refractivity contribution >= 4 is 28.2 Å². The number of carbonyl (C=O) groups excluding carboxylic acids is 1. The predicted octanol–water partition coefficient (Wildman–Crippen LogP) is 5.43. The van der Waals surface area contributed by atoms with Gasteiger partial charge in [-0.2, -0.15) is 0 Å². The molecule has 6 nitrogen and oxygen atoms in total. The highest BCUT2D eigenvalue weighted by molar-refractivity contribution is 7.17. The quantitative estimate of drug-likeness (QED) is 0.276. The van der Waals surface area contributed by atoms with E-state index in [9.17, 15) is 9.18 Å². The molecule has 0 spiro atoms. The third-order valence-corrected chi connectivity index (χ3v) is 5.84. The molecule has 0 aliphatic heterocycles. The number of halogens is 1. The van der Waals surface area contributed by atoms with Crippen LogP contribution in [0.1, 0.15) is 20.9 Å². The van der Waals surface area contributed by atoms with E-state index >= 15 is 0 Å². The number of fused-ring (bicyclic) bond motifs is 1. The zero-order valence-electron chi connectivity index (χ0n) is 18.0. The summed E-state index contributed by atoms with van der Waals surface area (Å²) >= 11 is 1.54. The maximum absolute atomic E-state index is 13.4. The van der Waals surface area contributed by atoms with Crippen molar-refractivity contribution in [2.24, 2.45) is 0 Å². The molecule has 0 amide bonds. The molecule has 0 fully saturated rings. The third kappa shape index (κ3) is 3.97. The smallest absolute Gasteiger partial charge is 0.203 e. The molecule has 2 heterocycles. The van der Waals surface area contributed by atoms with Gasteiger partial charge >= 0.3 is 0 Å². The Bertz CT molecular complexity index is 1300. The summed E-state index contributed by atoms with van der Waals surface area (Å²) in [6.45, 7) is 1.99. The van der Waals surface area contributed by atoms with Crippen LogP contribution in [0.15, 0.2) is 48.7 Å². The zero-order valence-corrected chi connectivity index (χ0v) is 18.8. The first-order valence-electron chi connectivity index (χ1n) is 9.72. The number of ether oxygens (including phenoxy) is 3. The molecule has 2 aromatic heterocycles. The van der Waals surface area contributed by atoms with Crippen molar-refractivity contribution in [3.63, 3.8) is 0 Å². The van der Waals surface area contributed by atoms with Gasteiger partial charge in [-0.25, -0.2) is 9.37 Å². The summed E-state index contributed by atoms with van der Waals surface area (Å²) < 4.78 is 31.3. The number of benzene rings is 2. The van der Waals surface area contributed by atoms with Crippen molar-refractivity contribution in [2.45, 2.75) is 6.92 Å². The third-order valence-electron chi connectivity index (χ3n) is 4.94. The van der Waals surface area contributed by atoms with Crippen LogP contribution in [-0.2, 0) is 0 Å². The molecule has 0 N–H and O–H groups in total. The molecule has 0 saturated heterocycles. The van der Waals surface area contributed by atoms with Crippen molar-refractivity contribution < 1.29 is 23.4 Å². The highest BCUT2D eigenvalue weighted by Crippen LogP contribution is 2.38. The minimum absolute atomic E-state index is 0.240. The van der Waals surface area contributed by atoms with E-state index in [4.69, 9.17) is 19.2 Å². The lowest BCUT2D eigenvalue weighted by atomic mass is 10.1. The number of methoxy groups -OCH3 is 3. The van der Waals surface area contributed by atoms with E-state index in [2.05, 4.69) is 0 Å². The first kappa shape index (κ1) is 21.6. The molecule has 0 bridgehead atoms. The summed E-state index contributed by atoms with van der Waals surface area (Å²) in [5.41, 5.74) is 2.56. The second kappa shape index (κ2) is 8.84. The average Bonchev–Trinajstić information content (AvgIpc) is 3.32. The monoisotopic (exact) mass is 452 g/mol. The Morgan fingerprint density at radius 2 is 1.72 bits per heavy atom. The number of thiazole rings is 1. The molecule has 164 valence electrons. The minimum atomic E-state index is -0.319. The lowest BCUT2D eigenvalue weighted by Gasteiger charge is -2.13. The number of rotatable bonds is 7. The highest BCUT2D eigenvalue weighted by atomic mass is 32.1. The summed E-state index contributed by atoms with van der Waals surface area (Å²) in [6, 6.07) is 9.34. The van der Waals surface area contributed by atoms with Crippen molar-refractivity contribution in [1.29, 1.82) is 0 Å². The molecule has 0 aliphatic rings. The maximum atomic E-state index is 13.4. The fraction of sp³-hybridized carbons (Fsp3) is 0.167. The van der Waals surface area contributed by atoms with Gasteiger partial charge in [-0.15, -0.1) is 11.3 Å². The van der Waals surface area contributed by atoms with E-state index in [1.165, 1.54) is 39.5 Å². The summed E-state index contributed by atoms with van der Waals surface area (Å²) in [5.74, 6) is 0.656. The number of ketones is 1. The van der Waals surface area contributed by atoms with Gasteiger partial charge in [0, 0.05) is 22.2 Å². The van der Waals surface area contributed by atoms with Gasteiger partial charge in [0.25, 0.3) is 0 Å². The standard InChI is InChI=1S/C24H21FN2O4S/c1-14-13-27-18(22(26-24(27)32-14)15-5-7-17(25)8-6-15)9-10-19(28)16-11-20(29-2)23(31-4)21(12-16)30-3/h5-13H,1-4H3/b10-9+. The van der Waals surface area contributed by atoms with Crippen LogP contribution in [0.25, 0.3) is 22.3 Å². The predicted molar refractivity (Wildman–Crippen MR) is 123 cm³/mol. The van der Waals surface area contributed by atoms with Crippen molar-refractivity contribution in [2.75, 3.05) is 21.3 Å². The largest absolute Gasteiger partial charge is 0.493 e. The summed E-state index contributed by atoms with van der Waals surface area (Å²) in [5, 5.41) is 0. The van der Waals surface area contributed by atoms with Gasteiger partial charge in [-0.05, 0) is 55.5 Å². The van der Waals surface area contributed by atoms with Crippen LogP contribution >= 0.6 is 11.3 Å². The van der Waals surface area contributed by atoms with Crippen LogP contribution in [-0.4, -0.2) is 36.5 Å². The normalized spacial score (nSPS) is 11.3. The molecule has 32 heavy (non-hydrogen) atoms. The fourth-order valence-corrected chi connectivity index (χ4v) is 4.26. The Balaban J connectivity index is 1.76. The topological polar surface area (TPSA) is 62.1 Å². The Morgan fingerprint density at radius 1 is 1.06 bits per heavy atom. The van der Waals surface area contributed by atoms with Crippen LogP contribution in [0.3, 0.4) is 0 Å². The Hall–Kier alpha value is -3.65. The lowest BCUT2D eigenvalue weighted by molar-refractivity contribution is 0.104. The van der Waals surface area contributed by atoms with E-state index < -0.39 is 0 Å². The molecule has 0 radical (unpaired) electrons. The molecule has 2 aromatic carbocycles. The van der Waals surface area contributed by atoms with Gasteiger partial charge in [0.05, 0.1) is 32.7 Å². The molecule has 0 aliphatic carbocycles. The number of allylic oxidation sites excluding steroid dienone is 1. The first-order valence-corrected chi connectivity index (χ1v) is 10.5. The number of hydrogen-bond donors (Lipinski definition) is 0. The maximum Gasteiger partial charge on any atom is 0.203 e. The lowest BCUT2D eigenvalue weighted by Crippen LogP contribution is -2.00. The number of hydrogen-bond acceptors (Lipinski definition) is 6. The van der Waals surface area contributed by atoms with Gasteiger partial charge in [-0.3, -0.25) is 9.20 Å². The average molecular weight is 453 g/mol. The van der Waals surface area contributed by atoms with Gasteiger partial charge in [0.2, 0.25) is 5.75 Å². The van der Waals surface area contributed by atoms with Gasteiger partial charge < -0.3 is 14.2 Å². The zero-order chi connectivity index (χ0) is 22.8. The van der Waals surface area contributed by atoms with Crippen LogP contribution in [0.5, 0.6) is 17.2 Å². The molecule has 0 unspecified atom stereocenters. The van der Waals surface area contributed by atoms with Crippen LogP contribution < -0.4 is 14.2 Å². The van der Waals surface area contributed by atoms with Gasteiger partial charge in [0.1, 0.15) is 5.82 Å². The van der Waals surface area contributed by atoms with Gasteiger partial charge in [-0.1, -0.05) is 0 Å². The summed E-state index contributed by atoms with van der Waals surface area (Å²) in [7, 11) is 4.50. The Labute approximate surface area is 188 Å². The highest BCUT2D eigenvalue weighted by Gasteiger charge is 2.17. The second-order valence-corrected chi connectivity index (χ2v) is 8.17. The Kier molecular flexibility index (Phi) is 5.96. The second-order valence-electron chi connectivity index (χ2n) is 6.96. The molecule has 4 aromatic rings. The van der Waals surface area contributed by atoms with Crippen molar-refractivity contribution in [1.82, 2.24) is 9.38 Å². The molecular weight excluding hydrogens is 431 g/mol. The SMILES string of the molecule is COc1cc(C(=O)/C=C/c2c(-c3ccc(F)cc3)nc3sc(C)cn23)cc(OC)c1OC. The van der Waals surface area contributed by atoms with Crippen LogP contribution in [0.2, 0.25) is 0 Å². The molecule has 0 atom stereocenters. The fourth-order valence-electron chi connectivity index (χ4n) is 3.43. The van der Waals surface area contributed by atoms with E-state index in [1.807, 2.05) is 17.5 Å². The van der Waals surface area contributed by atoms with Gasteiger partial charge in [0.15, 0.2) is 22.2 Å². The Morgan fingerprint density at radius 3 is 2.31 bits per heavy atom. The van der Waals surface area contributed by atoms with E-state index in [0.717, 1.165) is 21.1 Å². The van der Waals surface area contributed by atoms with E-state index in [-0.39, 0.29) is 11.6 Å². The summed E-state index contributed by atoms with van der Waals surface area (Å²) in [4.78, 5) is 19.6. The van der Waals surface area contributed by atoms with Crippen molar-refractivity contribution in [3.05, 3.63) is 70.6 Å². The molecule has 0 saturated carbocycles. The first-order chi connectivity index (χ1) is 15.4. The van der Waals surface area contributed by atoms with Crippen LogP contribution in [0, 0.1) is 12.7 Å². The number of aromatic nitrogens is 2. The van der Waals surface area contributed by atoms with Crippen molar-refractivity contribution in [3.8, 4) is 28.5 Å². The molecule has 4 rings (SSSR count). The summed E-state index contributed by atoms with van der Waals surface area (Å²) in [6.07, 6.45) is 5.16. The minimum Gasteiger partial charge on any atom is -0.493 e. The molecular formula is C24H21FN2O4S. The van der Waals surface area contributed by atoms with E-state index in [1.54, 1.807) is 41.7 Å². The van der Waals surface area contributed by atoms with Crippen LogP contribution in [0.4, 0.5) is 4.39 Å². The number of carbonyl (C=O) groups is 1. The number of imidazole rings is 1.